The van der Waals surface area contributed by atoms with Crippen molar-refractivity contribution in [3.05, 3.63) is 69.0 Å². The third kappa shape index (κ3) is 3.01. The minimum absolute atomic E-state index is 0.0394. The second-order valence-corrected chi connectivity index (χ2v) is 5.91. The summed E-state index contributed by atoms with van der Waals surface area (Å²) in [5.74, 6) is -2.56. The minimum Gasteiger partial charge on any atom is -0.321 e. The highest BCUT2D eigenvalue weighted by atomic mass is 35.5. The zero-order valence-corrected chi connectivity index (χ0v) is 13.8. The van der Waals surface area contributed by atoms with Gasteiger partial charge in [0.05, 0.1) is 22.3 Å². The van der Waals surface area contributed by atoms with Gasteiger partial charge in [-0.2, -0.15) is 0 Å². The first-order valence-electron chi connectivity index (χ1n) is 7.46. The molecule has 1 atom stereocenters. The van der Waals surface area contributed by atoms with Crippen LogP contribution < -0.4 is 11.3 Å². The number of fused-ring (bicyclic) bond motifs is 1. The van der Waals surface area contributed by atoms with Gasteiger partial charge in [0.1, 0.15) is 28.7 Å². The zero-order chi connectivity index (χ0) is 18.3. The van der Waals surface area contributed by atoms with Gasteiger partial charge in [-0.25, -0.2) is 18.2 Å². The van der Waals surface area contributed by atoms with E-state index in [0.29, 0.717) is 12.5 Å². The van der Waals surface area contributed by atoms with Crippen molar-refractivity contribution in [2.24, 2.45) is 5.73 Å². The van der Waals surface area contributed by atoms with Crippen LogP contribution in [0.3, 0.4) is 0 Å². The molecule has 2 N–H and O–H groups in total. The molecular formula is C17H13ClF3N3O. The van der Waals surface area contributed by atoms with Crippen molar-refractivity contribution < 1.29 is 13.2 Å². The molecule has 3 aromatic rings. The Morgan fingerprint density at radius 2 is 1.84 bits per heavy atom. The van der Waals surface area contributed by atoms with E-state index in [4.69, 9.17) is 17.3 Å². The van der Waals surface area contributed by atoms with Crippen LogP contribution in [-0.2, 0) is 0 Å². The maximum absolute atomic E-state index is 14.2. The highest BCUT2D eigenvalue weighted by molar-refractivity contribution is 6.35. The molecule has 25 heavy (non-hydrogen) atoms. The number of nitrogens with two attached hydrogens (primary N) is 1. The molecule has 1 unspecified atom stereocenters. The van der Waals surface area contributed by atoms with E-state index in [2.05, 4.69) is 4.98 Å². The summed E-state index contributed by atoms with van der Waals surface area (Å²) in [6.45, 7) is 1.75. The Labute approximate surface area is 145 Å². The molecule has 0 radical (unpaired) electrons. The maximum atomic E-state index is 14.2. The highest BCUT2D eigenvalue weighted by Gasteiger charge is 2.21. The van der Waals surface area contributed by atoms with Crippen LogP contribution >= 0.6 is 11.6 Å². The summed E-state index contributed by atoms with van der Waals surface area (Å²) in [6.07, 6.45) is 0.392. The van der Waals surface area contributed by atoms with Crippen LogP contribution in [0, 0.1) is 17.5 Å². The fourth-order valence-corrected chi connectivity index (χ4v) is 2.78. The Morgan fingerprint density at radius 1 is 1.20 bits per heavy atom. The Kier molecular flexibility index (Phi) is 4.53. The van der Waals surface area contributed by atoms with Crippen molar-refractivity contribution >= 4 is 22.5 Å². The fourth-order valence-electron chi connectivity index (χ4n) is 2.58. The van der Waals surface area contributed by atoms with Crippen molar-refractivity contribution in [1.82, 2.24) is 9.55 Å². The predicted octanol–water partition coefficient (Wildman–Crippen LogP) is 3.87. The lowest BCUT2D eigenvalue weighted by Gasteiger charge is -2.18. The lowest BCUT2D eigenvalue weighted by Crippen LogP contribution is -2.29. The van der Waals surface area contributed by atoms with Gasteiger partial charge >= 0.3 is 0 Å². The van der Waals surface area contributed by atoms with Gasteiger partial charge in [0.25, 0.3) is 5.56 Å². The fraction of sp³-hybridized carbons (Fsp3) is 0.176. The van der Waals surface area contributed by atoms with E-state index >= 15 is 0 Å². The summed E-state index contributed by atoms with van der Waals surface area (Å²) in [4.78, 5) is 17.1. The summed E-state index contributed by atoms with van der Waals surface area (Å²) in [5.41, 5.74) is 5.00. The van der Waals surface area contributed by atoms with Crippen LogP contribution in [0.2, 0.25) is 5.02 Å². The van der Waals surface area contributed by atoms with Gasteiger partial charge < -0.3 is 5.73 Å². The van der Waals surface area contributed by atoms with E-state index in [9.17, 15) is 18.0 Å². The first-order chi connectivity index (χ1) is 11.8. The zero-order valence-electron chi connectivity index (χ0n) is 13.1. The second kappa shape index (κ2) is 6.50. The molecule has 1 aromatic heterocycles. The molecule has 0 aliphatic heterocycles. The lowest BCUT2D eigenvalue weighted by molar-refractivity contribution is 0.576. The number of nitrogens with zero attached hydrogens (tertiary/aromatic N) is 2. The Balaban J connectivity index is 2.50. The highest BCUT2D eigenvalue weighted by Crippen LogP contribution is 2.25. The van der Waals surface area contributed by atoms with Gasteiger partial charge in [-0.05, 0) is 30.7 Å². The second-order valence-electron chi connectivity index (χ2n) is 5.51. The monoisotopic (exact) mass is 367 g/mol. The van der Waals surface area contributed by atoms with Crippen LogP contribution in [0.5, 0.6) is 0 Å². The van der Waals surface area contributed by atoms with Gasteiger partial charge in [-0.3, -0.25) is 9.36 Å². The van der Waals surface area contributed by atoms with Crippen molar-refractivity contribution in [3.8, 4) is 5.69 Å². The van der Waals surface area contributed by atoms with Gasteiger partial charge in [0.2, 0.25) is 0 Å². The third-order valence-corrected chi connectivity index (χ3v) is 4.13. The van der Waals surface area contributed by atoms with E-state index < -0.39 is 29.1 Å². The van der Waals surface area contributed by atoms with E-state index in [1.165, 1.54) is 6.07 Å². The molecule has 2 aromatic carbocycles. The topological polar surface area (TPSA) is 60.9 Å². The van der Waals surface area contributed by atoms with Gasteiger partial charge in [0, 0.05) is 6.07 Å². The van der Waals surface area contributed by atoms with E-state index in [1.54, 1.807) is 6.92 Å². The maximum Gasteiger partial charge on any atom is 0.269 e. The Hall–Kier alpha value is -2.38. The third-order valence-electron chi connectivity index (χ3n) is 3.83. The normalized spacial score (nSPS) is 12.6. The van der Waals surface area contributed by atoms with Crippen LogP contribution in [0.25, 0.3) is 16.6 Å². The standard InChI is InChI=1S/C17H13ClF3N3O/c1-2-13(22)16-23-15-11(18)3-4-12(21)14(15)17(25)24(16)10-6-8(19)5-9(20)7-10/h3-7,13H,2,22H2,1H3. The van der Waals surface area contributed by atoms with Crippen LogP contribution in [-0.4, -0.2) is 9.55 Å². The van der Waals surface area contributed by atoms with Gasteiger partial charge in [0.15, 0.2) is 0 Å². The van der Waals surface area contributed by atoms with E-state index in [0.717, 1.165) is 22.8 Å². The first kappa shape index (κ1) is 17.4. The number of aromatic nitrogens is 2. The van der Waals surface area contributed by atoms with E-state index in [1.807, 2.05) is 0 Å². The molecule has 0 saturated carbocycles. The number of hydrogen-bond acceptors (Lipinski definition) is 3. The van der Waals surface area contributed by atoms with Gasteiger partial charge in [-0.1, -0.05) is 18.5 Å². The molecule has 3 rings (SSSR count). The van der Waals surface area contributed by atoms with Gasteiger partial charge in [-0.15, -0.1) is 0 Å². The summed E-state index contributed by atoms with van der Waals surface area (Å²) in [5, 5.41) is -0.292. The van der Waals surface area contributed by atoms with Crippen molar-refractivity contribution in [1.29, 1.82) is 0 Å². The van der Waals surface area contributed by atoms with E-state index in [-0.39, 0.29) is 27.4 Å². The molecule has 0 saturated heterocycles. The lowest BCUT2D eigenvalue weighted by atomic mass is 10.1. The number of rotatable bonds is 3. The first-order valence-corrected chi connectivity index (χ1v) is 7.84. The average Bonchev–Trinajstić information content (AvgIpc) is 2.55. The molecule has 0 amide bonds. The van der Waals surface area contributed by atoms with Crippen LogP contribution in [0.4, 0.5) is 13.2 Å². The van der Waals surface area contributed by atoms with Crippen molar-refractivity contribution in [2.75, 3.05) is 0 Å². The molecule has 0 bridgehead atoms. The number of hydrogen-bond donors (Lipinski definition) is 1. The summed E-state index contributed by atoms with van der Waals surface area (Å²) >= 11 is 6.03. The molecule has 1 heterocycles. The number of halogens is 4. The SMILES string of the molecule is CCC(N)c1nc2c(Cl)ccc(F)c2c(=O)n1-c1cc(F)cc(F)c1. The largest absolute Gasteiger partial charge is 0.321 e. The van der Waals surface area contributed by atoms with Crippen molar-refractivity contribution in [3.63, 3.8) is 0 Å². The molecule has 0 fully saturated rings. The molecule has 0 aliphatic rings. The average molecular weight is 368 g/mol. The smallest absolute Gasteiger partial charge is 0.269 e. The quantitative estimate of drug-likeness (QED) is 0.764. The van der Waals surface area contributed by atoms with Crippen LogP contribution in [0.1, 0.15) is 25.2 Å². The molecule has 0 spiro atoms. The summed E-state index contributed by atoms with van der Waals surface area (Å²) < 4.78 is 42.4. The molecule has 8 heteroatoms. The minimum atomic E-state index is -0.885. The van der Waals surface area contributed by atoms with Crippen molar-refractivity contribution in [2.45, 2.75) is 19.4 Å². The predicted molar refractivity (Wildman–Crippen MR) is 89.4 cm³/mol. The summed E-state index contributed by atoms with van der Waals surface area (Å²) in [6, 6.07) is 4.16. The molecular weight excluding hydrogens is 355 g/mol. The Morgan fingerprint density at radius 3 is 2.44 bits per heavy atom. The summed E-state index contributed by atoms with van der Waals surface area (Å²) in [7, 11) is 0. The molecule has 0 aliphatic carbocycles. The Bertz CT molecular complexity index is 1020. The molecule has 4 nitrogen and oxygen atoms in total. The number of benzene rings is 2. The van der Waals surface area contributed by atoms with Crippen LogP contribution in [0.15, 0.2) is 35.1 Å². The molecule has 130 valence electrons.